The Balaban J connectivity index is 1.83. The third-order valence-corrected chi connectivity index (χ3v) is 4.38. The molecular formula is C20H18N4O3. The summed E-state index contributed by atoms with van der Waals surface area (Å²) in [6.45, 7) is 5.72. The van der Waals surface area contributed by atoms with Gasteiger partial charge in [0, 0.05) is 17.2 Å². The van der Waals surface area contributed by atoms with Gasteiger partial charge in [-0.3, -0.25) is 14.2 Å². The lowest BCUT2D eigenvalue weighted by molar-refractivity contribution is 0.432. The molecule has 0 atom stereocenters. The molecule has 0 aliphatic heterocycles. The fourth-order valence-electron chi connectivity index (χ4n) is 3.13. The number of aromatic nitrogens is 4. The van der Waals surface area contributed by atoms with Gasteiger partial charge in [-0.25, -0.2) is 0 Å². The largest absolute Gasteiger partial charge is 0.334 e. The summed E-state index contributed by atoms with van der Waals surface area (Å²) in [6.07, 6.45) is 0. The van der Waals surface area contributed by atoms with Crippen molar-refractivity contribution < 1.29 is 4.52 Å². The summed E-state index contributed by atoms with van der Waals surface area (Å²) in [5.41, 5.74) is 2.62. The van der Waals surface area contributed by atoms with Crippen LogP contribution in [-0.4, -0.2) is 19.7 Å². The van der Waals surface area contributed by atoms with E-state index in [1.54, 1.807) is 12.1 Å². The standard InChI is InChI=1S/C20H18N4O3/c1-11(2)24-16-8-7-13(10-15(16)21-18(25)20(24)26)17-22-19(27-23-17)14-6-4-5-12(3)9-14/h4-11H,1-3H3,(H,21,25). The average molecular weight is 362 g/mol. The maximum Gasteiger partial charge on any atom is 0.316 e. The molecule has 0 fully saturated rings. The zero-order valence-corrected chi connectivity index (χ0v) is 15.2. The van der Waals surface area contributed by atoms with Gasteiger partial charge in [-0.15, -0.1) is 0 Å². The van der Waals surface area contributed by atoms with Crippen LogP contribution in [0.3, 0.4) is 0 Å². The van der Waals surface area contributed by atoms with E-state index >= 15 is 0 Å². The fourth-order valence-corrected chi connectivity index (χ4v) is 3.13. The van der Waals surface area contributed by atoms with Crippen molar-refractivity contribution in [2.24, 2.45) is 0 Å². The first kappa shape index (κ1) is 17.0. The predicted octanol–water partition coefficient (Wildman–Crippen LogP) is 3.30. The van der Waals surface area contributed by atoms with Crippen LogP contribution < -0.4 is 11.1 Å². The highest BCUT2D eigenvalue weighted by Crippen LogP contribution is 2.25. The number of aromatic amines is 1. The van der Waals surface area contributed by atoms with Crippen molar-refractivity contribution in [1.82, 2.24) is 19.7 Å². The molecule has 27 heavy (non-hydrogen) atoms. The molecule has 136 valence electrons. The van der Waals surface area contributed by atoms with Crippen molar-refractivity contribution in [1.29, 1.82) is 0 Å². The summed E-state index contributed by atoms with van der Waals surface area (Å²) in [4.78, 5) is 31.2. The van der Waals surface area contributed by atoms with E-state index in [1.165, 1.54) is 4.57 Å². The topological polar surface area (TPSA) is 93.8 Å². The second kappa shape index (κ2) is 6.35. The fraction of sp³-hybridized carbons (Fsp3) is 0.200. The second-order valence-electron chi connectivity index (χ2n) is 6.75. The Morgan fingerprint density at radius 1 is 1.07 bits per heavy atom. The van der Waals surface area contributed by atoms with E-state index in [9.17, 15) is 9.59 Å². The van der Waals surface area contributed by atoms with Gasteiger partial charge in [0.2, 0.25) is 5.82 Å². The van der Waals surface area contributed by atoms with E-state index < -0.39 is 11.1 Å². The third kappa shape index (κ3) is 2.97. The van der Waals surface area contributed by atoms with Gasteiger partial charge in [0.15, 0.2) is 0 Å². The van der Waals surface area contributed by atoms with Gasteiger partial charge >= 0.3 is 11.1 Å². The molecule has 0 aliphatic rings. The second-order valence-corrected chi connectivity index (χ2v) is 6.75. The Hall–Kier alpha value is -3.48. The number of nitrogens with one attached hydrogen (secondary N) is 1. The lowest BCUT2D eigenvalue weighted by atomic mass is 10.1. The molecule has 0 aliphatic carbocycles. The number of nitrogens with zero attached hydrogens (tertiary/aromatic N) is 3. The molecule has 7 nitrogen and oxygen atoms in total. The molecule has 0 bridgehead atoms. The maximum absolute atomic E-state index is 12.1. The van der Waals surface area contributed by atoms with Crippen LogP contribution in [0.5, 0.6) is 0 Å². The lowest BCUT2D eigenvalue weighted by Crippen LogP contribution is -2.37. The SMILES string of the molecule is Cc1cccc(-c2nc(-c3ccc4c(c3)[nH]c(=O)c(=O)n4C(C)C)no2)c1. The van der Waals surface area contributed by atoms with Gasteiger partial charge in [0.1, 0.15) is 0 Å². The van der Waals surface area contributed by atoms with E-state index in [4.69, 9.17) is 4.52 Å². The summed E-state index contributed by atoms with van der Waals surface area (Å²) in [6, 6.07) is 13.0. The van der Waals surface area contributed by atoms with Crippen LogP contribution in [0, 0.1) is 6.92 Å². The van der Waals surface area contributed by atoms with Gasteiger partial charge in [-0.1, -0.05) is 22.9 Å². The van der Waals surface area contributed by atoms with Gasteiger partial charge < -0.3 is 9.51 Å². The minimum Gasteiger partial charge on any atom is -0.334 e. The van der Waals surface area contributed by atoms with Gasteiger partial charge in [-0.05, 0) is 51.1 Å². The van der Waals surface area contributed by atoms with Crippen LogP contribution >= 0.6 is 0 Å². The number of benzene rings is 2. The van der Waals surface area contributed by atoms with Crippen molar-refractivity contribution >= 4 is 11.0 Å². The van der Waals surface area contributed by atoms with Crippen molar-refractivity contribution in [2.45, 2.75) is 26.8 Å². The van der Waals surface area contributed by atoms with Crippen LogP contribution in [-0.2, 0) is 0 Å². The van der Waals surface area contributed by atoms with E-state index in [2.05, 4.69) is 15.1 Å². The number of aryl methyl sites for hydroxylation is 1. The van der Waals surface area contributed by atoms with Crippen molar-refractivity contribution in [3.05, 3.63) is 68.7 Å². The third-order valence-electron chi connectivity index (χ3n) is 4.38. The number of H-pyrrole nitrogens is 1. The molecule has 0 amide bonds. The molecule has 1 N–H and O–H groups in total. The van der Waals surface area contributed by atoms with Gasteiger partial charge in [0.25, 0.3) is 5.89 Å². The Bertz CT molecular complexity index is 1260. The quantitative estimate of drug-likeness (QED) is 0.564. The Morgan fingerprint density at radius 3 is 2.63 bits per heavy atom. The number of hydrogen-bond acceptors (Lipinski definition) is 5. The molecule has 4 aromatic rings. The zero-order valence-electron chi connectivity index (χ0n) is 15.2. The normalized spacial score (nSPS) is 11.4. The first-order valence-electron chi connectivity index (χ1n) is 8.64. The lowest BCUT2D eigenvalue weighted by Gasteiger charge is -2.13. The van der Waals surface area contributed by atoms with Crippen LogP contribution in [0.4, 0.5) is 0 Å². The molecule has 0 saturated heterocycles. The molecule has 7 heteroatoms. The minimum absolute atomic E-state index is 0.133. The first-order chi connectivity index (χ1) is 12.9. The van der Waals surface area contributed by atoms with Crippen LogP contribution in [0.25, 0.3) is 33.9 Å². The molecule has 4 rings (SSSR count). The number of fused-ring (bicyclic) bond motifs is 1. The zero-order chi connectivity index (χ0) is 19.1. The van der Waals surface area contributed by atoms with E-state index in [-0.39, 0.29) is 6.04 Å². The molecule has 0 saturated carbocycles. The number of rotatable bonds is 3. The van der Waals surface area contributed by atoms with Crippen LogP contribution in [0.1, 0.15) is 25.5 Å². The summed E-state index contributed by atoms with van der Waals surface area (Å²) in [7, 11) is 0. The number of hydrogen-bond donors (Lipinski definition) is 1. The molecule has 0 radical (unpaired) electrons. The van der Waals surface area contributed by atoms with Crippen LogP contribution in [0.2, 0.25) is 0 Å². The summed E-state index contributed by atoms with van der Waals surface area (Å²) >= 11 is 0. The molecule has 2 aromatic heterocycles. The predicted molar refractivity (Wildman–Crippen MR) is 103 cm³/mol. The smallest absolute Gasteiger partial charge is 0.316 e. The maximum atomic E-state index is 12.1. The van der Waals surface area contributed by atoms with Crippen molar-refractivity contribution in [3.8, 4) is 22.8 Å². The summed E-state index contributed by atoms with van der Waals surface area (Å²) < 4.78 is 6.87. The van der Waals surface area contributed by atoms with Gasteiger partial charge in [-0.2, -0.15) is 4.98 Å². The molecule has 2 heterocycles. The first-order valence-corrected chi connectivity index (χ1v) is 8.64. The highest BCUT2D eigenvalue weighted by molar-refractivity contribution is 5.80. The highest BCUT2D eigenvalue weighted by atomic mass is 16.5. The minimum atomic E-state index is -0.651. The van der Waals surface area contributed by atoms with E-state index in [0.717, 1.165) is 11.1 Å². The highest BCUT2D eigenvalue weighted by Gasteiger charge is 2.14. The Labute approximate surface area is 154 Å². The average Bonchev–Trinajstić information content (AvgIpc) is 3.12. The van der Waals surface area contributed by atoms with Gasteiger partial charge in [0.05, 0.1) is 11.0 Å². The van der Waals surface area contributed by atoms with Crippen molar-refractivity contribution in [2.75, 3.05) is 0 Å². The molecular weight excluding hydrogens is 344 g/mol. The Morgan fingerprint density at radius 2 is 1.89 bits per heavy atom. The molecule has 0 unspecified atom stereocenters. The van der Waals surface area contributed by atoms with Crippen molar-refractivity contribution in [3.63, 3.8) is 0 Å². The van der Waals surface area contributed by atoms with E-state index in [1.807, 2.05) is 51.1 Å². The molecule has 0 spiro atoms. The molecule has 2 aromatic carbocycles. The summed E-state index contributed by atoms with van der Waals surface area (Å²) in [5, 5.41) is 4.05. The van der Waals surface area contributed by atoms with E-state index in [0.29, 0.717) is 28.3 Å². The van der Waals surface area contributed by atoms with Crippen LogP contribution in [0.15, 0.2) is 56.6 Å². The Kier molecular flexibility index (Phi) is 3.99. The monoisotopic (exact) mass is 362 g/mol. The summed E-state index contributed by atoms with van der Waals surface area (Å²) in [5.74, 6) is 0.839.